The zero-order valence-corrected chi connectivity index (χ0v) is 12.2. The molecule has 0 radical (unpaired) electrons. The van der Waals surface area contributed by atoms with Crippen LogP contribution in [0.4, 0.5) is 11.4 Å². The second-order valence-corrected chi connectivity index (χ2v) is 5.18. The lowest BCUT2D eigenvalue weighted by Gasteiger charge is -2.17. The van der Waals surface area contributed by atoms with Gasteiger partial charge in [0.15, 0.2) is 0 Å². The molecule has 0 bridgehead atoms. The van der Waals surface area contributed by atoms with Gasteiger partial charge in [0, 0.05) is 32.0 Å². The zero-order chi connectivity index (χ0) is 13.8. The van der Waals surface area contributed by atoms with Gasteiger partial charge < -0.3 is 10.2 Å². The fraction of sp³-hybridized carbons (Fsp3) is 0.294. The Labute approximate surface area is 116 Å². The first-order valence-corrected chi connectivity index (χ1v) is 6.64. The third kappa shape index (κ3) is 3.28. The van der Waals surface area contributed by atoms with E-state index >= 15 is 0 Å². The van der Waals surface area contributed by atoms with Crippen molar-refractivity contribution in [2.24, 2.45) is 0 Å². The van der Waals surface area contributed by atoms with Crippen LogP contribution in [0, 0.1) is 13.8 Å². The summed E-state index contributed by atoms with van der Waals surface area (Å²) in [5.74, 6) is 0. The van der Waals surface area contributed by atoms with E-state index in [0.29, 0.717) is 0 Å². The van der Waals surface area contributed by atoms with Crippen molar-refractivity contribution < 1.29 is 0 Å². The molecule has 0 aliphatic heterocycles. The summed E-state index contributed by atoms with van der Waals surface area (Å²) in [4.78, 5) is 2.15. The van der Waals surface area contributed by atoms with E-state index in [-0.39, 0.29) is 0 Å². The lowest BCUT2D eigenvalue weighted by Crippen LogP contribution is -2.11. The van der Waals surface area contributed by atoms with Gasteiger partial charge in [0.1, 0.15) is 0 Å². The third-order valence-electron chi connectivity index (χ3n) is 3.44. The number of rotatable bonds is 4. The molecule has 0 saturated heterocycles. The van der Waals surface area contributed by atoms with E-state index in [1.165, 1.54) is 22.4 Å². The summed E-state index contributed by atoms with van der Waals surface area (Å²) in [7, 11) is 4.15. The van der Waals surface area contributed by atoms with Gasteiger partial charge in [-0.25, -0.2) is 0 Å². The van der Waals surface area contributed by atoms with Crippen LogP contribution in [-0.2, 0) is 6.54 Å². The molecule has 0 saturated carbocycles. The lowest BCUT2D eigenvalue weighted by atomic mass is 10.1. The molecule has 0 aliphatic carbocycles. The van der Waals surface area contributed by atoms with Crippen LogP contribution in [0.1, 0.15) is 16.7 Å². The van der Waals surface area contributed by atoms with Crippen LogP contribution in [-0.4, -0.2) is 14.1 Å². The molecule has 0 spiro atoms. The van der Waals surface area contributed by atoms with Gasteiger partial charge in [0.2, 0.25) is 0 Å². The first-order chi connectivity index (χ1) is 9.08. The van der Waals surface area contributed by atoms with Crippen LogP contribution in [0.5, 0.6) is 0 Å². The first kappa shape index (κ1) is 13.5. The maximum absolute atomic E-state index is 3.50. The summed E-state index contributed by atoms with van der Waals surface area (Å²) in [6.45, 7) is 5.15. The number of aryl methyl sites for hydroxylation is 2. The van der Waals surface area contributed by atoms with Crippen molar-refractivity contribution >= 4 is 11.4 Å². The van der Waals surface area contributed by atoms with Gasteiger partial charge in [-0.1, -0.05) is 30.3 Å². The van der Waals surface area contributed by atoms with Crippen molar-refractivity contribution in [2.75, 3.05) is 24.3 Å². The SMILES string of the molecule is Cc1ccccc1CNc1ccc(C)c(N(C)C)c1. The Balaban J connectivity index is 2.12. The minimum Gasteiger partial charge on any atom is -0.381 e. The van der Waals surface area contributed by atoms with E-state index in [4.69, 9.17) is 0 Å². The first-order valence-electron chi connectivity index (χ1n) is 6.64. The molecule has 100 valence electrons. The number of hydrogen-bond acceptors (Lipinski definition) is 2. The van der Waals surface area contributed by atoms with Crippen molar-refractivity contribution in [1.29, 1.82) is 0 Å². The van der Waals surface area contributed by atoms with E-state index in [1.54, 1.807) is 0 Å². The average Bonchev–Trinajstić information content (AvgIpc) is 2.39. The molecule has 19 heavy (non-hydrogen) atoms. The zero-order valence-electron chi connectivity index (χ0n) is 12.2. The molecule has 2 rings (SSSR count). The van der Waals surface area contributed by atoms with Crippen LogP contribution in [0.25, 0.3) is 0 Å². The monoisotopic (exact) mass is 254 g/mol. The van der Waals surface area contributed by atoms with Crippen molar-refractivity contribution in [1.82, 2.24) is 0 Å². The van der Waals surface area contributed by atoms with Crippen LogP contribution in [0.2, 0.25) is 0 Å². The topological polar surface area (TPSA) is 15.3 Å². The fourth-order valence-corrected chi connectivity index (χ4v) is 2.21. The van der Waals surface area contributed by atoms with Gasteiger partial charge >= 0.3 is 0 Å². The number of benzene rings is 2. The molecular weight excluding hydrogens is 232 g/mol. The normalized spacial score (nSPS) is 10.3. The van der Waals surface area contributed by atoms with Crippen molar-refractivity contribution in [3.8, 4) is 0 Å². The van der Waals surface area contributed by atoms with Crippen LogP contribution < -0.4 is 10.2 Å². The molecule has 0 atom stereocenters. The predicted octanol–water partition coefficient (Wildman–Crippen LogP) is 3.98. The molecular formula is C17H22N2. The Kier molecular flexibility index (Phi) is 4.10. The molecule has 2 heteroatoms. The molecule has 0 aromatic heterocycles. The molecule has 0 unspecified atom stereocenters. The number of anilines is 2. The molecule has 1 N–H and O–H groups in total. The van der Waals surface area contributed by atoms with Crippen molar-refractivity contribution in [3.05, 3.63) is 59.2 Å². The van der Waals surface area contributed by atoms with Crippen LogP contribution >= 0.6 is 0 Å². The lowest BCUT2D eigenvalue weighted by molar-refractivity contribution is 1.10. The summed E-state index contributed by atoms with van der Waals surface area (Å²) >= 11 is 0. The van der Waals surface area contributed by atoms with Gasteiger partial charge in [-0.05, 0) is 42.7 Å². The molecule has 0 amide bonds. The highest BCUT2D eigenvalue weighted by Crippen LogP contribution is 2.23. The summed E-state index contributed by atoms with van der Waals surface area (Å²) in [6.07, 6.45) is 0. The molecule has 0 fully saturated rings. The standard InChI is InChI=1S/C17H22N2/c1-13-7-5-6-8-15(13)12-18-16-10-9-14(2)17(11-16)19(3)4/h5-11,18H,12H2,1-4H3. The van der Waals surface area contributed by atoms with Gasteiger partial charge in [-0.15, -0.1) is 0 Å². The Morgan fingerprint density at radius 3 is 2.37 bits per heavy atom. The van der Waals surface area contributed by atoms with E-state index in [1.807, 2.05) is 0 Å². The maximum atomic E-state index is 3.50. The third-order valence-corrected chi connectivity index (χ3v) is 3.44. The van der Waals surface area contributed by atoms with Crippen molar-refractivity contribution in [3.63, 3.8) is 0 Å². The number of nitrogens with one attached hydrogen (secondary N) is 1. The highest BCUT2D eigenvalue weighted by atomic mass is 15.1. The van der Waals surface area contributed by atoms with E-state index in [0.717, 1.165) is 12.2 Å². The highest BCUT2D eigenvalue weighted by Gasteiger charge is 2.03. The summed E-state index contributed by atoms with van der Waals surface area (Å²) < 4.78 is 0. The largest absolute Gasteiger partial charge is 0.381 e. The minimum atomic E-state index is 0.864. The fourth-order valence-electron chi connectivity index (χ4n) is 2.21. The Bertz CT molecular complexity index is 559. The van der Waals surface area contributed by atoms with Gasteiger partial charge in [-0.2, -0.15) is 0 Å². The minimum absolute atomic E-state index is 0.864. The molecule has 0 heterocycles. The number of hydrogen-bond donors (Lipinski definition) is 1. The second kappa shape index (κ2) is 5.79. The predicted molar refractivity (Wildman–Crippen MR) is 84.0 cm³/mol. The quantitative estimate of drug-likeness (QED) is 0.887. The Morgan fingerprint density at radius 1 is 0.947 bits per heavy atom. The maximum Gasteiger partial charge on any atom is 0.0411 e. The summed E-state index contributed by atoms with van der Waals surface area (Å²) in [6, 6.07) is 15.0. The summed E-state index contributed by atoms with van der Waals surface area (Å²) in [5, 5.41) is 3.50. The van der Waals surface area contributed by atoms with Crippen molar-refractivity contribution in [2.45, 2.75) is 20.4 Å². The molecule has 2 aromatic carbocycles. The molecule has 2 aromatic rings. The Morgan fingerprint density at radius 2 is 1.68 bits per heavy atom. The van der Waals surface area contributed by atoms with Gasteiger partial charge in [-0.3, -0.25) is 0 Å². The van der Waals surface area contributed by atoms with Gasteiger partial charge in [0.25, 0.3) is 0 Å². The smallest absolute Gasteiger partial charge is 0.0411 e. The second-order valence-electron chi connectivity index (χ2n) is 5.18. The summed E-state index contributed by atoms with van der Waals surface area (Å²) in [5.41, 5.74) is 6.39. The van der Waals surface area contributed by atoms with E-state index < -0.39 is 0 Å². The van der Waals surface area contributed by atoms with E-state index in [9.17, 15) is 0 Å². The van der Waals surface area contributed by atoms with Crippen LogP contribution in [0.3, 0.4) is 0 Å². The molecule has 2 nitrogen and oxygen atoms in total. The highest BCUT2D eigenvalue weighted by molar-refractivity contribution is 5.62. The average molecular weight is 254 g/mol. The van der Waals surface area contributed by atoms with Crippen LogP contribution in [0.15, 0.2) is 42.5 Å². The van der Waals surface area contributed by atoms with Gasteiger partial charge in [0.05, 0.1) is 0 Å². The number of nitrogens with zero attached hydrogens (tertiary/aromatic N) is 1. The Hall–Kier alpha value is -1.96. The molecule has 0 aliphatic rings. The van der Waals surface area contributed by atoms with E-state index in [2.05, 4.69) is 80.6 Å².